The quantitative estimate of drug-likeness (QED) is 0.432. The summed E-state index contributed by atoms with van der Waals surface area (Å²) < 4.78 is 2.00. The van der Waals surface area contributed by atoms with Crippen LogP contribution < -0.4 is 0 Å². The van der Waals surface area contributed by atoms with Crippen LogP contribution in [0.4, 0.5) is 0 Å². The molecular weight excluding hydrogens is 205 g/mol. The van der Waals surface area contributed by atoms with Crippen molar-refractivity contribution < 1.29 is 4.79 Å². The van der Waals surface area contributed by atoms with Crippen molar-refractivity contribution in [1.82, 2.24) is 3.11 Å². The van der Waals surface area contributed by atoms with Gasteiger partial charge in [-0.3, -0.25) is 4.79 Å². The van der Waals surface area contributed by atoms with E-state index in [0.29, 0.717) is 12.3 Å². The van der Waals surface area contributed by atoms with Crippen LogP contribution in [-0.2, 0) is 4.79 Å². The minimum absolute atomic E-state index is 0.370. The van der Waals surface area contributed by atoms with Gasteiger partial charge in [-0.1, -0.05) is 0 Å². The van der Waals surface area contributed by atoms with Gasteiger partial charge >= 0.3 is 0 Å². The van der Waals surface area contributed by atoms with E-state index in [1.165, 1.54) is 0 Å². The number of nitrogens with zero attached hydrogens (tertiary/aromatic N) is 1. The van der Waals surface area contributed by atoms with Crippen molar-refractivity contribution in [2.45, 2.75) is 6.42 Å². The fraction of sp³-hybridized carbons (Fsp3) is 0.750. The van der Waals surface area contributed by atoms with Crippen LogP contribution in [0.2, 0.25) is 0 Å². The second kappa shape index (κ2) is 2.09. The van der Waals surface area contributed by atoms with E-state index in [1.54, 1.807) is 0 Å². The maximum absolute atomic E-state index is 10.4. The predicted octanol–water partition coefficient (Wildman–Crippen LogP) is 0.611. The highest BCUT2D eigenvalue weighted by molar-refractivity contribution is 14.1. The van der Waals surface area contributed by atoms with Gasteiger partial charge in [0.05, 0.1) is 6.54 Å². The summed E-state index contributed by atoms with van der Waals surface area (Å²) in [6.45, 7) is 1.60. The van der Waals surface area contributed by atoms with Crippen molar-refractivity contribution in [1.29, 1.82) is 0 Å². The summed E-state index contributed by atoms with van der Waals surface area (Å²) in [6.07, 6.45) is 0.753. The Morgan fingerprint density at radius 2 is 2.43 bits per heavy atom. The Kier molecular flexibility index (Phi) is 1.64. The van der Waals surface area contributed by atoms with E-state index in [4.69, 9.17) is 0 Å². The average molecular weight is 211 g/mol. The number of carbonyl (C=O) groups excluding carboxylic acids is 1. The molecule has 0 saturated carbocycles. The Morgan fingerprint density at radius 3 is 2.57 bits per heavy atom. The van der Waals surface area contributed by atoms with Gasteiger partial charge in [0.15, 0.2) is 0 Å². The summed E-state index contributed by atoms with van der Waals surface area (Å²) in [5, 5.41) is 0. The lowest BCUT2D eigenvalue weighted by Crippen LogP contribution is -2.05. The molecule has 2 nitrogen and oxygen atoms in total. The normalized spacial score (nSPS) is 23.9. The van der Waals surface area contributed by atoms with Crippen molar-refractivity contribution >= 4 is 28.6 Å². The molecule has 0 bridgehead atoms. The number of ketones is 1. The van der Waals surface area contributed by atoms with Crippen molar-refractivity contribution in [2.24, 2.45) is 0 Å². The van der Waals surface area contributed by atoms with E-state index in [0.717, 1.165) is 13.0 Å². The highest BCUT2D eigenvalue weighted by Crippen LogP contribution is 2.07. The zero-order valence-corrected chi connectivity index (χ0v) is 6.01. The Balaban J connectivity index is 2.40. The highest BCUT2D eigenvalue weighted by Gasteiger charge is 2.15. The second-order valence-corrected chi connectivity index (χ2v) is 3.00. The summed E-state index contributed by atoms with van der Waals surface area (Å²) in [7, 11) is 0. The Labute approximate surface area is 56.4 Å². The Bertz CT molecular complexity index is 93.7. The summed E-state index contributed by atoms with van der Waals surface area (Å²) in [5.74, 6) is 0.370. The third-order valence-corrected chi connectivity index (χ3v) is 1.80. The number of hydrogen-bond donors (Lipinski definition) is 0. The smallest absolute Gasteiger partial charge is 0.148 e. The van der Waals surface area contributed by atoms with Crippen molar-refractivity contribution in [3.63, 3.8) is 0 Å². The van der Waals surface area contributed by atoms with Crippen LogP contribution in [0.25, 0.3) is 0 Å². The molecule has 0 aromatic heterocycles. The van der Waals surface area contributed by atoms with Crippen LogP contribution >= 0.6 is 22.9 Å². The zero-order chi connectivity index (χ0) is 5.28. The highest BCUT2D eigenvalue weighted by atomic mass is 127. The molecule has 1 fully saturated rings. The standard InChI is InChI=1S/C4H6INO/c5-6-2-1-4(7)3-6/h1-3H2. The topological polar surface area (TPSA) is 20.3 Å². The molecule has 7 heavy (non-hydrogen) atoms. The van der Waals surface area contributed by atoms with Crippen LogP contribution in [0.5, 0.6) is 0 Å². The van der Waals surface area contributed by atoms with Gasteiger partial charge < -0.3 is 0 Å². The largest absolute Gasteiger partial charge is 0.298 e. The van der Waals surface area contributed by atoms with Gasteiger partial charge in [-0.15, -0.1) is 0 Å². The molecule has 1 rings (SSSR count). The van der Waals surface area contributed by atoms with E-state index in [2.05, 4.69) is 22.9 Å². The molecule has 0 aromatic rings. The average Bonchev–Trinajstić information content (AvgIpc) is 1.87. The summed E-state index contributed by atoms with van der Waals surface area (Å²) in [6, 6.07) is 0. The molecule has 1 aliphatic heterocycles. The van der Waals surface area contributed by atoms with Gasteiger partial charge in [0.25, 0.3) is 0 Å². The molecule has 0 spiro atoms. The fourth-order valence-corrected chi connectivity index (χ4v) is 1.22. The lowest BCUT2D eigenvalue weighted by atomic mass is 10.4. The lowest BCUT2D eigenvalue weighted by Gasteiger charge is -1.96. The molecule has 0 radical (unpaired) electrons. The summed E-state index contributed by atoms with van der Waals surface area (Å²) in [4.78, 5) is 10.4. The number of Topliss-reactive ketones (excluding diaryl/α,β-unsaturated/α-hetero) is 1. The number of rotatable bonds is 0. The van der Waals surface area contributed by atoms with E-state index in [1.807, 2.05) is 3.11 Å². The van der Waals surface area contributed by atoms with Crippen molar-refractivity contribution in [3.05, 3.63) is 0 Å². The van der Waals surface area contributed by atoms with Gasteiger partial charge in [-0.2, -0.15) is 0 Å². The van der Waals surface area contributed by atoms with Gasteiger partial charge in [-0.05, 0) is 0 Å². The number of carbonyl (C=O) groups is 1. The number of halogens is 1. The third kappa shape index (κ3) is 1.38. The molecule has 0 aromatic carbocycles. The van der Waals surface area contributed by atoms with Crippen LogP contribution in [0.3, 0.4) is 0 Å². The van der Waals surface area contributed by atoms with E-state index >= 15 is 0 Å². The monoisotopic (exact) mass is 211 g/mol. The number of hydrogen-bond acceptors (Lipinski definition) is 2. The summed E-state index contributed by atoms with van der Waals surface area (Å²) in [5.41, 5.74) is 0. The molecule has 1 saturated heterocycles. The minimum Gasteiger partial charge on any atom is -0.298 e. The first-order chi connectivity index (χ1) is 3.29. The first kappa shape index (κ1) is 5.50. The zero-order valence-electron chi connectivity index (χ0n) is 3.85. The molecule has 1 aliphatic rings. The first-order valence-corrected chi connectivity index (χ1v) is 3.18. The minimum atomic E-state index is 0.370. The third-order valence-electron chi connectivity index (χ3n) is 0.981. The Morgan fingerprint density at radius 1 is 1.71 bits per heavy atom. The SMILES string of the molecule is O=C1CCN(I)C1. The van der Waals surface area contributed by atoms with Gasteiger partial charge in [0.1, 0.15) is 5.78 Å². The van der Waals surface area contributed by atoms with Crippen LogP contribution in [0, 0.1) is 0 Å². The van der Waals surface area contributed by atoms with E-state index < -0.39 is 0 Å². The molecule has 0 atom stereocenters. The molecule has 3 heteroatoms. The fourth-order valence-electron chi connectivity index (χ4n) is 0.595. The van der Waals surface area contributed by atoms with Gasteiger partial charge in [0.2, 0.25) is 0 Å². The van der Waals surface area contributed by atoms with Crippen LogP contribution in [0.1, 0.15) is 6.42 Å². The molecule has 0 amide bonds. The molecule has 1 heterocycles. The van der Waals surface area contributed by atoms with E-state index in [9.17, 15) is 4.79 Å². The van der Waals surface area contributed by atoms with Gasteiger partial charge in [0, 0.05) is 35.8 Å². The molecule has 40 valence electrons. The second-order valence-electron chi connectivity index (χ2n) is 1.63. The molecule has 0 unspecified atom stereocenters. The maximum Gasteiger partial charge on any atom is 0.148 e. The van der Waals surface area contributed by atoms with Crippen molar-refractivity contribution in [3.8, 4) is 0 Å². The first-order valence-electron chi connectivity index (χ1n) is 2.21. The lowest BCUT2D eigenvalue weighted by molar-refractivity contribution is -0.116. The maximum atomic E-state index is 10.4. The van der Waals surface area contributed by atoms with E-state index in [-0.39, 0.29) is 0 Å². The summed E-state index contributed by atoms with van der Waals surface area (Å²) >= 11 is 2.16. The molecule has 0 N–H and O–H groups in total. The van der Waals surface area contributed by atoms with Gasteiger partial charge in [-0.25, -0.2) is 3.11 Å². The Hall–Kier alpha value is 0.360. The molecular formula is C4H6INO. The predicted molar refractivity (Wildman–Crippen MR) is 35.2 cm³/mol. The van der Waals surface area contributed by atoms with Crippen LogP contribution in [-0.4, -0.2) is 22.0 Å². The molecule has 0 aliphatic carbocycles. The van der Waals surface area contributed by atoms with Crippen molar-refractivity contribution in [2.75, 3.05) is 13.1 Å². The van der Waals surface area contributed by atoms with Crippen LogP contribution in [0.15, 0.2) is 0 Å².